The van der Waals surface area contributed by atoms with Crippen molar-refractivity contribution in [1.82, 2.24) is 9.88 Å². The van der Waals surface area contributed by atoms with Gasteiger partial charge in [0.25, 0.3) is 11.8 Å². The molecule has 182 valence electrons. The number of carbonyl (C=O) groups is 3. The summed E-state index contributed by atoms with van der Waals surface area (Å²) in [4.78, 5) is 42.6. The molecule has 0 saturated heterocycles. The van der Waals surface area contributed by atoms with Crippen LogP contribution in [-0.2, 0) is 17.8 Å². The molecule has 2 heterocycles. The predicted octanol–water partition coefficient (Wildman–Crippen LogP) is 5.15. The maximum absolute atomic E-state index is 12.7. The van der Waals surface area contributed by atoms with E-state index in [1.807, 2.05) is 48.5 Å². The van der Waals surface area contributed by atoms with Crippen molar-refractivity contribution in [2.45, 2.75) is 26.4 Å². The molecule has 1 N–H and O–H groups in total. The number of imide groups is 1. The number of amides is 2. The van der Waals surface area contributed by atoms with Crippen molar-refractivity contribution in [2.75, 3.05) is 13.2 Å². The summed E-state index contributed by atoms with van der Waals surface area (Å²) in [5.74, 6) is -0.313. The summed E-state index contributed by atoms with van der Waals surface area (Å²) < 4.78 is 11.3. The largest absolute Gasteiger partial charge is 0.489 e. The third-order valence-corrected chi connectivity index (χ3v) is 6.29. The Bertz CT molecular complexity index is 1410. The highest BCUT2D eigenvalue weighted by molar-refractivity contribution is 6.21. The number of aromatic amines is 1. The number of nitrogens with one attached hydrogen (secondary N) is 1. The Morgan fingerprint density at radius 2 is 1.61 bits per heavy atom. The van der Waals surface area contributed by atoms with Crippen LogP contribution in [0.15, 0.2) is 72.8 Å². The van der Waals surface area contributed by atoms with Crippen molar-refractivity contribution in [1.29, 1.82) is 0 Å². The van der Waals surface area contributed by atoms with Gasteiger partial charge >= 0.3 is 5.97 Å². The van der Waals surface area contributed by atoms with Crippen LogP contribution in [0.1, 0.15) is 55.7 Å². The predicted molar refractivity (Wildman–Crippen MR) is 135 cm³/mol. The lowest BCUT2D eigenvalue weighted by molar-refractivity contribution is 0.0517. The number of H-pyrrole nitrogens is 1. The van der Waals surface area contributed by atoms with E-state index in [0.29, 0.717) is 42.0 Å². The van der Waals surface area contributed by atoms with Gasteiger partial charge in [-0.05, 0) is 61.2 Å². The lowest BCUT2D eigenvalue weighted by atomic mass is 10.0. The number of benzene rings is 3. The van der Waals surface area contributed by atoms with Gasteiger partial charge in [0.2, 0.25) is 0 Å². The van der Waals surface area contributed by atoms with Crippen LogP contribution in [-0.4, -0.2) is 40.8 Å². The minimum Gasteiger partial charge on any atom is -0.489 e. The molecule has 0 aliphatic carbocycles. The molecule has 1 aliphatic rings. The summed E-state index contributed by atoms with van der Waals surface area (Å²) in [5, 5.41) is 0.853. The van der Waals surface area contributed by atoms with E-state index in [-0.39, 0.29) is 25.0 Å². The molecule has 7 heteroatoms. The van der Waals surface area contributed by atoms with Crippen LogP contribution in [0.25, 0.3) is 10.9 Å². The SMILES string of the molecule is CCOC(=O)c1[nH]c2ccc(OCc3ccccc3)cc2c1CCCN1C(=O)c2ccccc2C1=O. The molecule has 5 rings (SSSR count). The van der Waals surface area contributed by atoms with E-state index in [1.54, 1.807) is 31.2 Å². The van der Waals surface area contributed by atoms with Gasteiger partial charge in [-0.2, -0.15) is 0 Å². The Morgan fingerprint density at radius 1 is 0.917 bits per heavy atom. The van der Waals surface area contributed by atoms with E-state index in [0.717, 1.165) is 22.0 Å². The topological polar surface area (TPSA) is 88.7 Å². The summed E-state index contributed by atoms with van der Waals surface area (Å²) in [6.45, 7) is 2.70. The van der Waals surface area contributed by atoms with Crippen molar-refractivity contribution < 1.29 is 23.9 Å². The highest BCUT2D eigenvalue weighted by Gasteiger charge is 2.34. The molecule has 36 heavy (non-hydrogen) atoms. The average molecular weight is 483 g/mol. The van der Waals surface area contributed by atoms with Gasteiger partial charge in [0.1, 0.15) is 18.1 Å². The fourth-order valence-corrected chi connectivity index (χ4v) is 4.55. The van der Waals surface area contributed by atoms with Gasteiger partial charge in [0.15, 0.2) is 0 Å². The Labute approximate surface area is 208 Å². The summed E-state index contributed by atoms with van der Waals surface area (Å²) in [5.41, 5.74) is 3.88. The minimum absolute atomic E-state index is 0.255. The fourth-order valence-electron chi connectivity index (χ4n) is 4.55. The van der Waals surface area contributed by atoms with Crippen LogP contribution in [0.2, 0.25) is 0 Å². The lowest BCUT2D eigenvalue weighted by Gasteiger charge is -2.14. The first-order valence-corrected chi connectivity index (χ1v) is 12.0. The van der Waals surface area contributed by atoms with E-state index in [2.05, 4.69) is 4.98 Å². The van der Waals surface area contributed by atoms with E-state index in [1.165, 1.54) is 4.90 Å². The summed E-state index contributed by atoms with van der Waals surface area (Å²) in [7, 11) is 0. The molecule has 0 bridgehead atoms. The molecule has 0 atom stereocenters. The second-order valence-electron chi connectivity index (χ2n) is 8.59. The quantitative estimate of drug-likeness (QED) is 0.263. The molecule has 7 nitrogen and oxygen atoms in total. The van der Waals surface area contributed by atoms with Crippen molar-refractivity contribution in [3.05, 3.63) is 101 Å². The van der Waals surface area contributed by atoms with Gasteiger partial charge in [-0.15, -0.1) is 0 Å². The number of ether oxygens (including phenoxy) is 2. The fraction of sp³-hybridized carbons (Fsp3) is 0.207. The van der Waals surface area contributed by atoms with Crippen LogP contribution >= 0.6 is 0 Å². The van der Waals surface area contributed by atoms with Crippen LogP contribution in [0, 0.1) is 0 Å². The Kier molecular flexibility index (Phi) is 6.54. The summed E-state index contributed by atoms with van der Waals surface area (Å²) >= 11 is 0. The zero-order valence-electron chi connectivity index (χ0n) is 20.0. The number of hydrogen-bond donors (Lipinski definition) is 1. The first-order valence-electron chi connectivity index (χ1n) is 12.0. The smallest absolute Gasteiger partial charge is 0.355 e. The highest BCUT2D eigenvalue weighted by Crippen LogP contribution is 2.30. The molecule has 0 spiro atoms. The maximum Gasteiger partial charge on any atom is 0.355 e. The number of fused-ring (bicyclic) bond motifs is 2. The molecule has 1 aliphatic heterocycles. The normalized spacial score (nSPS) is 12.8. The van der Waals surface area contributed by atoms with Crippen LogP contribution in [0.5, 0.6) is 5.75 Å². The molecule has 3 aromatic carbocycles. The maximum atomic E-state index is 12.7. The zero-order chi connectivity index (χ0) is 25.1. The molecular formula is C29H26N2O5. The summed E-state index contributed by atoms with van der Waals surface area (Å²) in [6.07, 6.45) is 0.976. The van der Waals surface area contributed by atoms with Gasteiger partial charge in [-0.3, -0.25) is 14.5 Å². The number of carbonyl (C=O) groups excluding carboxylic acids is 3. The highest BCUT2D eigenvalue weighted by atomic mass is 16.5. The molecular weight excluding hydrogens is 456 g/mol. The van der Waals surface area contributed by atoms with E-state index >= 15 is 0 Å². The molecule has 4 aromatic rings. The van der Waals surface area contributed by atoms with E-state index in [9.17, 15) is 14.4 Å². The summed E-state index contributed by atoms with van der Waals surface area (Å²) in [6, 6.07) is 22.4. The Morgan fingerprint density at radius 3 is 2.31 bits per heavy atom. The number of hydrogen-bond acceptors (Lipinski definition) is 5. The molecule has 2 amide bonds. The van der Waals surface area contributed by atoms with E-state index < -0.39 is 5.97 Å². The Hall–Kier alpha value is -4.39. The lowest BCUT2D eigenvalue weighted by Crippen LogP contribution is -2.31. The number of esters is 1. The molecule has 0 fully saturated rings. The molecule has 0 saturated carbocycles. The van der Waals surface area contributed by atoms with Crippen molar-refractivity contribution in [2.24, 2.45) is 0 Å². The Balaban J connectivity index is 1.37. The minimum atomic E-state index is -0.434. The number of aromatic nitrogens is 1. The number of rotatable bonds is 9. The van der Waals surface area contributed by atoms with Gasteiger partial charge in [-0.1, -0.05) is 42.5 Å². The third kappa shape index (κ3) is 4.47. The average Bonchev–Trinajstić information content (AvgIpc) is 3.39. The molecule has 0 unspecified atom stereocenters. The van der Waals surface area contributed by atoms with E-state index in [4.69, 9.17) is 9.47 Å². The van der Waals surface area contributed by atoms with Gasteiger partial charge in [0, 0.05) is 17.4 Å². The monoisotopic (exact) mass is 482 g/mol. The zero-order valence-corrected chi connectivity index (χ0v) is 20.0. The van der Waals surface area contributed by atoms with Crippen LogP contribution < -0.4 is 4.74 Å². The van der Waals surface area contributed by atoms with Gasteiger partial charge in [0.05, 0.1) is 17.7 Å². The van der Waals surface area contributed by atoms with Crippen molar-refractivity contribution >= 4 is 28.7 Å². The second kappa shape index (κ2) is 10.1. The van der Waals surface area contributed by atoms with Crippen molar-refractivity contribution in [3.63, 3.8) is 0 Å². The number of nitrogens with zero attached hydrogens (tertiary/aromatic N) is 1. The number of aryl methyl sites for hydroxylation is 1. The first-order chi connectivity index (χ1) is 17.6. The molecule has 0 radical (unpaired) electrons. The van der Waals surface area contributed by atoms with Gasteiger partial charge < -0.3 is 14.5 Å². The van der Waals surface area contributed by atoms with Crippen LogP contribution in [0.3, 0.4) is 0 Å². The third-order valence-electron chi connectivity index (χ3n) is 6.29. The molecule has 1 aromatic heterocycles. The van der Waals surface area contributed by atoms with Crippen molar-refractivity contribution in [3.8, 4) is 5.75 Å². The van der Waals surface area contributed by atoms with Crippen LogP contribution in [0.4, 0.5) is 0 Å². The first kappa shape index (κ1) is 23.4. The second-order valence-corrected chi connectivity index (χ2v) is 8.59. The van der Waals surface area contributed by atoms with Gasteiger partial charge in [-0.25, -0.2) is 4.79 Å². The standard InChI is InChI=1S/C29H26N2O5/c1-2-35-29(34)26-21(13-8-16-31-27(32)22-11-6-7-12-23(22)28(31)33)24-17-20(14-15-25(24)30-26)36-18-19-9-4-3-5-10-19/h3-7,9-12,14-15,17,30H,2,8,13,16,18H2,1H3.